The summed E-state index contributed by atoms with van der Waals surface area (Å²) in [6.07, 6.45) is 0. The maximum atomic E-state index is 11.7. The van der Waals surface area contributed by atoms with E-state index in [1.54, 1.807) is 6.07 Å². The van der Waals surface area contributed by atoms with E-state index >= 15 is 0 Å². The van der Waals surface area contributed by atoms with Crippen molar-refractivity contribution < 1.29 is 4.79 Å². The molecule has 21 heavy (non-hydrogen) atoms. The molecule has 2 aliphatic rings. The van der Waals surface area contributed by atoms with E-state index in [0.29, 0.717) is 5.02 Å². The van der Waals surface area contributed by atoms with Crippen LogP contribution in [0.5, 0.6) is 0 Å². The van der Waals surface area contributed by atoms with E-state index in [1.807, 2.05) is 18.2 Å². The Balaban J connectivity index is 1.72. The van der Waals surface area contributed by atoms with Crippen LogP contribution in [0, 0.1) is 0 Å². The summed E-state index contributed by atoms with van der Waals surface area (Å²) < 4.78 is 0. The SMILES string of the molecule is NC1C(=O)Nc2cc(N3Cc4ccccc4C3)c(Cl)cc21. The van der Waals surface area contributed by atoms with Gasteiger partial charge in [-0.3, -0.25) is 4.79 Å². The largest absolute Gasteiger partial charge is 0.362 e. The fourth-order valence-electron chi connectivity index (χ4n) is 3.04. The molecule has 0 bridgehead atoms. The van der Waals surface area contributed by atoms with Crippen molar-refractivity contribution in [3.8, 4) is 0 Å². The fourth-order valence-corrected chi connectivity index (χ4v) is 3.33. The predicted octanol–water partition coefficient (Wildman–Crippen LogP) is 2.81. The van der Waals surface area contributed by atoms with Crippen molar-refractivity contribution in [2.24, 2.45) is 5.73 Å². The Bertz CT molecular complexity index is 734. The van der Waals surface area contributed by atoms with Crippen LogP contribution < -0.4 is 16.0 Å². The molecule has 0 saturated heterocycles. The smallest absolute Gasteiger partial charge is 0.245 e. The number of carbonyl (C=O) groups excluding carboxylic acids is 1. The fraction of sp³-hybridized carbons (Fsp3) is 0.188. The second-order valence-corrected chi connectivity index (χ2v) is 5.89. The number of hydrogen-bond donors (Lipinski definition) is 2. The molecule has 2 heterocycles. The minimum absolute atomic E-state index is 0.178. The quantitative estimate of drug-likeness (QED) is 0.851. The monoisotopic (exact) mass is 299 g/mol. The van der Waals surface area contributed by atoms with Crippen LogP contribution in [0.3, 0.4) is 0 Å². The Kier molecular flexibility index (Phi) is 2.71. The molecule has 0 aromatic heterocycles. The van der Waals surface area contributed by atoms with Crippen molar-refractivity contribution in [3.05, 3.63) is 58.1 Å². The first kappa shape index (κ1) is 12.7. The molecule has 1 atom stereocenters. The Morgan fingerprint density at radius 1 is 1.19 bits per heavy atom. The highest BCUT2D eigenvalue weighted by atomic mass is 35.5. The number of carbonyl (C=O) groups is 1. The Hall–Kier alpha value is -2.04. The van der Waals surface area contributed by atoms with Crippen LogP contribution in [0.1, 0.15) is 22.7 Å². The number of halogens is 1. The molecule has 0 radical (unpaired) electrons. The van der Waals surface area contributed by atoms with Gasteiger partial charge < -0.3 is 16.0 Å². The van der Waals surface area contributed by atoms with Crippen molar-refractivity contribution in [2.45, 2.75) is 19.1 Å². The lowest BCUT2D eigenvalue weighted by Crippen LogP contribution is -2.19. The highest BCUT2D eigenvalue weighted by molar-refractivity contribution is 6.33. The Morgan fingerprint density at radius 2 is 1.86 bits per heavy atom. The molecule has 3 N–H and O–H groups in total. The van der Waals surface area contributed by atoms with E-state index in [-0.39, 0.29) is 5.91 Å². The summed E-state index contributed by atoms with van der Waals surface area (Å²) in [4.78, 5) is 13.9. The normalized spacial score (nSPS) is 19.4. The van der Waals surface area contributed by atoms with Gasteiger partial charge in [-0.1, -0.05) is 35.9 Å². The van der Waals surface area contributed by atoms with E-state index in [4.69, 9.17) is 17.3 Å². The Morgan fingerprint density at radius 3 is 2.52 bits per heavy atom. The van der Waals surface area contributed by atoms with Gasteiger partial charge in [-0.15, -0.1) is 0 Å². The third kappa shape index (κ3) is 1.91. The van der Waals surface area contributed by atoms with Gasteiger partial charge in [-0.25, -0.2) is 0 Å². The van der Waals surface area contributed by atoms with E-state index in [1.165, 1.54) is 11.1 Å². The molecular formula is C16H14ClN3O. The van der Waals surface area contributed by atoms with Crippen LogP contribution in [0.15, 0.2) is 36.4 Å². The zero-order chi connectivity index (χ0) is 14.6. The highest BCUT2D eigenvalue weighted by Crippen LogP contribution is 2.40. The summed E-state index contributed by atoms with van der Waals surface area (Å²) in [5.74, 6) is -0.178. The van der Waals surface area contributed by atoms with Crippen LogP contribution in [-0.2, 0) is 17.9 Å². The van der Waals surface area contributed by atoms with Gasteiger partial charge in [0.15, 0.2) is 0 Å². The molecule has 2 aromatic carbocycles. The molecule has 1 unspecified atom stereocenters. The third-order valence-electron chi connectivity index (χ3n) is 4.18. The summed E-state index contributed by atoms with van der Waals surface area (Å²) in [6, 6.07) is 11.5. The van der Waals surface area contributed by atoms with Crippen molar-refractivity contribution in [1.82, 2.24) is 0 Å². The lowest BCUT2D eigenvalue weighted by atomic mass is 10.1. The molecule has 1 amide bonds. The second-order valence-electron chi connectivity index (χ2n) is 5.48. The van der Waals surface area contributed by atoms with Gasteiger partial charge in [-0.05, 0) is 23.3 Å². The van der Waals surface area contributed by atoms with Crippen molar-refractivity contribution in [2.75, 3.05) is 10.2 Å². The molecule has 0 aliphatic carbocycles. The molecule has 5 heteroatoms. The van der Waals surface area contributed by atoms with Crippen molar-refractivity contribution >= 4 is 28.9 Å². The van der Waals surface area contributed by atoms with E-state index in [9.17, 15) is 4.79 Å². The summed E-state index contributed by atoms with van der Waals surface area (Å²) in [5, 5.41) is 3.44. The maximum Gasteiger partial charge on any atom is 0.245 e. The van der Waals surface area contributed by atoms with Gasteiger partial charge in [0, 0.05) is 24.3 Å². The summed E-state index contributed by atoms with van der Waals surface area (Å²) >= 11 is 6.41. The van der Waals surface area contributed by atoms with Crippen LogP contribution in [-0.4, -0.2) is 5.91 Å². The summed E-state index contributed by atoms with van der Waals surface area (Å²) in [6.45, 7) is 1.66. The van der Waals surface area contributed by atoms with Crippen LogP contribution in [0.2, 0.25) is 5.02 Å². The standard InChI is InChI=1S/C16H14ClN3O/c17-12-5-11-13(19-16(21)15(11)18)6-14(12)20-7-9-3-1-2-4-10(9)8-20/h1-6,15H,7-8,18H2,(H,19,21). The molecule has 0 fully saturated rings. The van der Waals surface area contributed by atoms with Gasteiger partial charge in [0.05, 0.1) is 10.7 Å². The number of amides is 1. The minimum Gasteiger partial charge on any atom is -0.362 e. The topological polar surface area (TPSA) is 58.4 Å². The molecule has 0 spiro atoms. The number of nitrogens with one attached hydrogen (secondary N) is 1. The molecule has 4 rings (SSSR count). The van der Waals surface area contributed by atoms with Gasteiger partial charge in [0.2, 0.25) is 5.91 Å². The zero-order valence-corrected chi connectivity index (χ0v) is 12.0. The van der Waals surface area contributed by atoms with Crippen molar-refractivity contribution in [3.63, 3.8) is 0 Å². The predicted molar refractivity (Wildman–Crippen MR) is 83.3 cm³/mol. The van der Waals surface area contributed by atoms with E-state index in [0.717, 1.165) is 30.0 Å². The minimum atomic E-state index is -0.623. The van der Waals surface area contributed by atoms with Gasteiger partial charge in [0.1, 0.15) is 6.04 Å². The lowest BCUT2D eigenvalue weighted by Gasteiger charge is -2.20. The molecule has 106 valence electrons. The average molecular weight is 300 g/mol. The lowest BCUT2D eigenvalue weighted by molar-refractivity contribution is -0.116. The molecule has 4 nitrogen and oxygen atoms in total. The van der Waals surface area contributed by atoms with Crippen LogP contribution >= 0.6 is 11.6 Å². The van der Waals surface area contributed by atoms with Crippen molar-refractivity contribution in [1.29, 1.82) is 0 Å². The van der Waals surface area contributed by atoms with Gasteiger partial charge in [0.25, 0.3) is 0 Å². The second kappa shape index (κ2) is 4.48. The number of hydrogen-bond acceptors (Lipinski definition) is 3. The first-order chi connectivity index (χ1) is 10.1. The molecule has 2 aromatic rings. The number of rotatable bonds is 1. The van der Waals surface area contributed by atoms with Gasteiger partial charge >= 0.3 is 0 Å². The third-order valence-corrected chi connectivity index (χ3v) is 4.48. The number of fused-ring (bicyclic) bond motifs is 2. The maximum absolute atomic E-state index is 11.7. The van der Waals surface area contributed by atoms with Crippen LogP contribution in [0.4, 0.5) is 11.4 Å². The first-order valence-electron chi connectivity index (χ1n) is 6.85. The number of benzene rings is 2. The number of nitrogens with two attached hydrogens (primary N) is 1. The summed E-state index contributed by atoms with van der Waals surface area (Å²) in [7, 11) is 0. The van der Waals surface area contributed by atoms with E-state index < -0.39 is 6.04 Å². The van der Waals surface area contributed by atoms with Crippen LogP contribution in [0.25, 0.3) is 0 Å². The van der Waals surface area contributed by atoms with Gasteiger partial charge in [-0.2, -0.15) is 0 Å². The molecule has 0 saturated carbocycles. The molecule has 2 aliphatic heterocycles. The Labute approximate surface area is 127 Å². The summed E-state index contributed by atoms with van der Waals surface area (Å²) in [5.41, 5.74) is 10.9. The number of nitrogens with zero attached hydrogens (tertiary/aromatic N) is 1. The van der Waals surface area contributed by atoms with E-state index in [2.05, 4.69) is 22.3 Å². The molecular weight excluding hydrogens is 286 g/mol. The highest BCUT2D eigenvalue weighted by Gasteiger charge is 2.30. The zero-order valence-electron chi connectivity index (χ0n) is 11.3. The average Bonchev–Trinajstić information content (AvgIpc) is 3.01. The first-order valence-corrected chi connectivity index (χ1v) is 7.23. The number of anilines is 2.